The highest BCUT2D eigenvalue weighted by atomic mass is 32.1. The van der Waals surface area contributed by atoms with Crippen LogP contribution in [-0.2, 0) is 6.42 Å². The first-order chi connectivity index (χ1) is 15.0. The second-order valence-electron chi connectivity index (χ2n) is 8.90. The van der Waals surface area contributed by atoms with E-state index in [1.54, 1.807) is 25.4 Å². The SMILES string of the molecule is Cc1nc2c(s1)CCC(C)(C)C2Nc1c(Nc2ccnc(C(=O)N(C)C)c2O)c(=O)c1=O. The summed E-state index contributed by atoms with van der Waals surface area (Å²) in [7, 11) is 3.09. The number of nitrogens with one attached hydrogen (secondary N) is 2. The summed E-state index contributed by atoms with van der Waals surface area (Å²) in [4.78, 5) is 48.2. The lowest BCUT2D eigenvalue weighted by Gasteiger charge is -2.39. The summed E-state index contributed by atoms with van der Waals surface area (Å²) in [5.74, 6) is -0.870. The monoisotopic (exact) mass is 455 g/mol. The number of rotatable bonds is 5. The Morgan fingerprint density at radius 1 is 1.25 bits per heavy atom. The van der Waals surface area contributed by atoms with E-state index in [1.165, 1.54) is 22.0 Å². The number of hydrogen-bond donors (Lipinski definition) is 3. The first-order valence-electron chi connectivity index (χ1n) is 10.2. The van der Waals surface area contributed by atoms with Gasteiger partial charge in [0.25, 0.3) is 16.8 Å². The van der Waals surface area contributed by atoms with Crippen molar-refractivity contribution in [3.05, 3.63) is 54.0 Å². The maximum atomic E-state index is 12.5. The maximum Gasteiger partial charge on any atom is 0.275 e. The van der Waals surface area contributed by atoms with E-state index < -0.39 is 16.8 Å². The van der Waals surface area contributed by atoms with E-state index in [0.717, 1.165) is 23.5 Å². The first-order valence-corrected chi connectivity index (χ1v) is 11.1. The molecule has 2 heterocycles. The molecule has 0 fully saturated rings. The molecule has 1 aromatic carbocycles. The summed E-state index contributed by atoms with van der Waals surface area (Å²) in [5, 5.41) is 17.6. The number of aryl methyl sites for hydroxylation is 2. The van der Waals surface area contributed by atoms with Crippen molar-refractivity contribution in [2.24, 2.45) is 5.41 Å². The second kappa shape index (κ2) is 7.70. The lowest BCUT2D eigenvalue weighted by atomic mass is 9.74. The molecule has 3 N–H and O–H groups in total. The predicted molar refractivity (Wildman–Crippen MR) is 124 cm³/mol. The van der Waals surface area contributed by atoms with Crippen LogP contribution in [0.4, 0.5) is 17.1 Å². The van der Waals surface area contributed by atoms with Crippen LogP contribution in [0.15, 0.2) is 21.9 Å². The van der Waals surface area contributed by atoms with Crippen LogP contribution in [0.25, 0.3) is 0 Å². The second-order valence-corrected chi connectivity index (χ2v) is 10.2. The molecule has 9 nitrogen and oxygen atoms in total. The molecule has 1 unspecified atom stereocenters. The fraction of sp³-hybridized carbons (Fsp3) is 0.409. The fourth-order valence-corrected chi connectivity index (χ4v) is 4.93. The molecular formula is C22H25N5O4S. The Morgan fingerprint density at radius 3 is 2.62 bits per heavy atom. The summed E-state index contributed by atoms with van der Waals surface area (Å²) in [6.45, 7) is 6.17. The Hall–Kier alpha value is -3.27. The zero-order chi connectivity index (χ0) is 23.4. The average molecular weight is 456 g/mol. The molecule has 0 saturated heterocycles. The number of pyridine rings is 1. The Morgan fingerprint density at radius 2 is 1.94 bits per heavy atom. The van der Waals surface area contributed by atoms with Gasteiger partial charge in [0.1, 0.15) is 11.4 Å². The van der Waals surface area contributed by atoms with E-state index in [0.29, 0.717) is 0 Å². The maximum absolute atomic E-state index is 12.5. The molecule has 1 aliphatic carbocycles. The highest BCUT2D eigenvalue weighted by Crippen LogP contribution is 2.47. The molecule has 3 aromatic rings. The third-order valence-corrected chi connectivity index (χ3v) is 6.92. The van der Waals surface area contributed by atoms with Gasteiger partial charge in [-0.25, -0.2) is 9.97 Å². The van der Waals surface area contributed by atoms with Crippen molar-refractivity contribution in [2.45, 2.75) is 39.7 Å². The standard InChI is InChI=1S/C22H25N5O4S/c1-10-24-13-12(32-10)6-8-22(2,3)20(13)26-15-14(18(29)19(15)30)25-11-7-9-23-16(17(11)28)21(31)27(4)5/h7,9,20,26,28H,6,8H2,1-5H3,(H,23,25). The molecule has 1 amide bonds. The van der Waals surface area contributed by atoms with Crippen LogP contribution in [0.3, 0.4) is 0 Å². The number of nitrogens with zero attached hydrogens (tertiary/aromatic N) is 3. The predicted octanol–water partition coefficient (Wildman–Crippen LogP) is 2.72. The van der Waals surface area contributed by atoms with Gasteiger partial charge in [-0.3, -0.25) is 14.4 Å². The van der Waals surface area contributed by atoms with E-state index in [-0.39, 0.29) is 40.0 Å². The van der Waals surface area contributed by atoms with Gasteiger partial charge in [0.05, 0.1) is 22.4 Å². The number of carbonyl (C=O) groups is 1. The number of anilines is 3. The number of carbonyl (C=O) groups excluding carboxylic acids is 1. The molecule has 168 valence electrons. The molecular weight excluding hydrogens is 430 g/mol. The van der Waals surface area contributed by atoms with Crippen molar-refractivity contribution >= 4 is 34.3 Å². The van der Waals surface area contributed by atoms with Crippen molar-refractivity contribution in [3.63, 3.8) is 0 Å². The van der Waals surface area contributed by atoms with E-state index in [4.69, 9.17) is 0 Å². The molecule has 1 aliphatic rings. The van der Waals surface area contributed by atoms with Gasteiger partial charge in [0, 0.05) is 25.2 Å². The molecule has 10 heteroatoms. The van der Waals surface area contributed by atoms with E-state index in [1.807, 2.05) is 6.92 Å². The number of fused-ring (bicyclic) bond motifs is 1. The van der Waals surface area contributed by atoms with Gasteiger partial charge in [0.15, 0.2) is 11.4 Å². The first kappa shape index (κ1) is 21.9. The fourth-order valence-electron chi connectivity index (χ4n) is 3.95. The molecule has 0 aliphatic heterocycles. The minimum absolute atomic E-state index is 0.0506. The van der Waals surface area contributed by atoms with Crippen molar-refractivity contribution in [1.82, 2.24) is 14.9 Å². The summed E-state index contributed by atoms with van der Waals surface area (Å²) in [5.41, 5.74) is -0.411. The smallest absolute Gasteiger partial charge is 0.275 e. The number of aromatic hydroxyl groups is 1. The van der Waals surface area contributed by atoms with Gasteiger partial charge >= 0.3 is 0 Å². The molecule has 1 atom stereocenters. The van der Waals surface area contributed by atoms with Crippen molar-refractivity contribution in [2.75, 3.05) is 24.7 Å². The van der Waals surface area contributed by atoms with Crippen molar-refractivity contribution < 1.29 is 9.90 Å². The highest BCUT2D eigenvalue weighted by molar-refractivity contribution is 7.11. The number of thiazole rings is 1. The summed E-state index contributed by atoms with van der Waals surface area (Å²) in [6, 6.07) is 1.20. The molecule has 32 heavy (non-hydrogen) atoms. The molecule has 0 saturated carbocycles. The third-order valence-electron chi connectivity index (χ3n) is 5.88. The van der Waals surface area contributed by atoms with Gasteiger partial charge in [-0.1, -0.05) is 13.8 Å². The summed E-state index contributed by atoms with van der Waals surface area (Å²) in [6.07, 6.45) is 3.20. The van der Waals surface area contributed by atoms with Gasteiger partial charge in [-0.15, -0.1) is 11.3 Å². The van der Waals surface area contributed by atoms with E-state index in [2.05, 4.69) is 34.4 Å². The highest BCUT2D eigenvalue weighted by Gasteiger charge is 2.40. The van der Waals surface area contributed by atoms with Crippen LogP contribution in [0.2, 0.25) is 0 Å². The van der Waals surface area contributed by atoms with Crippen LogP contribution < -0.4 is 21.5 Å². The Balaban J connectivity index is 1.68. The third kappa shape index (κ3) is 3.54. The van der Waals surface area contributed by atoms with Crippen molar-refractivity contribution in [1.29, 1.82) is 0 Å². The normalized spacial score (nSPS) is 17.1. The largest absolute Gasteiger partial charge is 0.504 e. The summed E-state index contributed by atoms with van der Waals surface area (Å²) >= 11 is 1.65. The Labute approximate surface area is 188 Å². The Bertz CT molecular complexity index is 1290. The molecule has 4 rings (SSSR count). The van der Waals surface area contributed by atoms with Crippen LogP contribution >= 0.6 is 11.3 Å². The molecule has 0 bridgehead atoms. The van der Waals surface area contributed by atoms with Gasteiger partial charge in [-0.2, -0.15) is 0 Å². The van der Waals surface area contributed by atoms with Gasteiger partial charge in [0.2, 0.25) is 0 Å². The lowest BCUT2D eigenvalue weighted by Crippen LogP contribution is -2.41. The van der Waals surface area contributed by atoms with Crippen LogP contribution in [0, 0.1) is 12.3 Å². The zero-order valence-corrected chi connectivity index (χ0v) is 19.4. The summed E-state index contributed by atoms with van der Waals surface area (Å²) < 4.78 is 0. The number of aromatic nitrogens is 2. The molecule has 0 spiro atoms. The zero-order valence-electron chi connectivity index (χ0n) is 18.6. The average Bonchev–Trinajstić information content (AvgIpc) is 3.12. The number of amides is 1. The minimum atomic E-state index is -0.688. The van der Waals surface area contributed by atoms with Crippen LogP contribution in [0.5, 0.6) is 5.75 Å². The Kier molecular flexibility index (Phi) is 5.28. The van der Waals surface area contributed by atoms with Gasteiger partial charge < -0.3 is 20.6 Å². The van der Waals surface area contributed by atoms with Gasteiger partial charge in [-0.05, 0) is 31.2 Å². The van der Waals surface area contributed by atoms with E-state index in [9.17, 15) is 19.5 Å². The molecule has 2 aromatic heterocycles. The van der Waals surface area contributed by atoms with Crippen molar-refractivity contribution in [3.8, 4) is 5.75 Å². The lowest BCUT2D eigenvalue weighted by molar-refractivity contribution is 0.0819. The number of hydrogen-bond acceptors (Lipinski definition) is 9. The van der Waals surface area contributed by atoms with E-state index >= 15 is 0 Å². The molecule has 0 radical (unpaired) electrons. The van der Waals surface area contributed by atoms with Crippen LogP contribution in [0.1, 0.15) is 52.4 Å². The topological polar surface area (TPSA) is 125 Å². The van der Waals surface area contributed by atoms with Crippen LogP contribution in [-0.4, -0.2) is 40.0 Å². The quantitative estimate of drug-likeness (QED) is 0.502. The minimum Gasteiger partial charge on any atom is -0.504 e.